The summed E-state index contributed by atoms with van der Waals surface area (Å²) in [6.07, 6.45) is -0.713. The molecule has 0 aliphatic heterocycles. The quantitative estimate of drug-likeness (QED) is 0.872. The Balaban J connectivity index is 2.21. The minimum absolute atomic E-state index is 0.00574. The normalized spacial score (nSPS) is 12.7. The first-order valence-electron chi connectivity index (χ1n) is 4.81. The lowest BCUT2D eigenvalue weighted by atomic mass is 10.0. The molecule has 0 bridgehead atoms. The fraction of sp³-hybridized carbons (Fsp3) is 0.167. The van der Waals surface area contributed by atoms with Crippen LogP contribution in [0.1, 0.15) is 17.2 Å². The minimum Gasteiger partial charge on any atom is -0.388 e. The van der Waals surface area contributed by atoms with Crippen LogP contribution in [-0.4, -0.2) is 5.11 Å². The lowest BCUT2D eigenvalue weighted by Gasteiger charge is -2.11. The van der Waals surface area contributed by atoms with Gasteiger partial charge in [-0.05, 0) is 28.5 Å². The average Bonchev–Trinajstić information content (AvgIpc) is 2.74. The van der Waals surface area contributed by atoms with Crippen molar-refractivity contribution in [2.75, 3.05) is 0 Å². The molecule has 0 radical (unpaired) electrons. The fourth-order valence-corrected chi connectivity index (χ4v) is 2.20. The third-order valence-corrected chi connectivity index (χ3v) is 3.08. The van der Waals surface area contributed by atoms with Crippen molar-refractivity contribution in [3.8, 4) is 0 Å². The van der Waals surface area contributed by atoms with Gasteiger partial charge in [-0.2, -0.15) is 11.3 Å². The van der Waals surface area contributed by atoms with Gasteiger partial charge in [0.25, 0.3) is 0 Å². The zero-order chi connectivity index (χ0) is 11.5. The van der Waals surface area contributed by atoms with Gasteiger partial charge in [0.05, 0.1) is 6.10 Å². The van der Waals surface area contributed by atoms with E-state index in [0.29, 0.717) is 6.42 Å². The standard InChI is InChI=1S/C12H10F2OS/c13-10-3-1-2-9(12(10)14)11(15)6-8-4-5-16-7-8/h1-5,7,11,15H,6H2. The van der Waals surface area contributed by atoms with Crippen LogP contribution in [0.5, 0.6) is 0 Å². The minimum atomic E-state index is -1.01. The number of hydrogen-bond donors (Lipinski definition) is 1. The summed E-state index contributed by atoms with van der Waals surface area (Å²) in [5.74, 6) is -1.90. The molecule has 1 nitrogen and oxygen atoms in total. The van der Waals surface area contributed by atoms with Crippen LogP contribution < -0.4 is 0 Å². The lowest BCUT2D eigenvalue weighted by Crippen LogP contribution is -2.05. The Morgan fingerprint density at radius 2 is 2.06 bits per heavy atom. The Hall–Kier alpha value is -1.26. The molecule has 1 unspecified atom stereocenters. The number of aliphatic hydroxyl groups excluding tert-OH is 1. The molecule has 0 aliphatic carbocycles. The summed E-state index contributed by atoms with van der Waals surface area (Å²) in [5, 5.41) is 13.5. The maximum atomic E-state index is 13.3. The Labute approximate surface area is 96.0 Å². The first-order valence-corrected chi connectivity index (χ1v) is 5.76. The number of hydrogen-bond acceptors (Lipinski definition) is 2. The van der Waals surface area contributed by atoms with E-state index < -0.39 is 17.7 Å². The second kappa shape index (κ2) is 4.72. The molecule has 1 N–H and O–H groups in total. The van der Waals surface area contributed by atoms with E-state index in [-0.39, 0.29) is 5.56 Å². The molecule has 2 aromatic rings. The molecule has 0 amide bonds. The number of rotatable bonds is 3. The molecule has 0 saturated carbocycles. The summed E-state index contributed by atoms with van der Waals surface area (Å²) < 4.78 is 26.3. The molecular formula is C12H10F2OS. The largest absolute Gasteiger partial charge is 0.388 e. The van der Waals surface area contributed by atoms with Crippen LogP contribution in [0.3, 0.4) is 0 Å². The Bertz CT molecular complexity index is 468. The molecule has 16 heavy (non-hydrogen) atoms. The molecule has 1 aromatic heterocycles. The summed E-state index contributed by atoms with van der Waals surface area (Å²) in [4.78, 5) is 0. The lowest BCUT2D eigenvalue weighted by molar-refractivity contribution is 0.172. The maximum Gasteiger partial charge on any atom is 0.164 e. The molecular weight excluding hydrogens is 230 g/mol. The van der Waals surface area contributed by atoms with E-state index in [4.69, 9.17) is 0 Å². The van der Waals surface area contributed by atoms with E-state index in [1.165, 1.54) is 23.5 Å². The molecule has 2 rings (SSSR count). The number of benzene rings is 1. The average molecular weight is 240 g/mol. The Kier molecular flexibility index (Phi) is 3.31. The summed E-state index contributed by atoms with van der Waals surface area (Å²) in [6.45, 7) is 0. The summed E-state index contributed by atoms with van der Waals surface area (Å²) in [5.41, 5.74) is 0.923. The molecule has 0 aliphatic rings. The molecule has 1 heterocycles. The van der Waals surface area contributed by atoms with Crippen molar-refractivity contribution in [1.82, 2.24) is 0 Å². The van der Waals surface area contributed by atoms with Crippen LogP contribution in [0, 0.1) is 11.6 Å². The topological polar surface area (TPSA) is 20.2 Å². The number of halogens is 2. The van der Waals surface area contributed by atoms with E-state index >= 15 is 0 Å². The molecule has 1 atom stereocenters. The van der Waals surface area contributed by atoms with Gasteiger partial charge >= 0.3 is 0 Å². The van der Waals surface area contributed by atoms with E-state index in [1.807, 2.05) is 16.8 Å². The Morgan fingerprint density at radius 1 is 1.25 bits per heavy atom. The number of thiophene rings is 1. The van der Waals surface area contributed by atoms with Gasteiger partial charge in [-0.3, -0.25) is 0 Å². The van der Waals surface area contributed by atoms with E-state index in [2.05, 4.69) is 0 Å². The van der Waals surface area contributed by atoms with E-state index in [1.54, 1.807) is 0 Å². The second-order valence-electron chi connectivity index (χ2n) is 3.49. The van der Waals surface area contributed by atoms with Crippen molar-refractivity contribution >= 4 is 11.3 Å². The van der Waals surface area contributed by atoms with Crippen molar-refractivity contribution in [1.29, 1.82) is 0 Å². The smallest absolute Gasteiger partial charge is 0.164 e. The van der Waals surface area contributed by atoms with Crippen molar-refractivity contribution in [3.05, 3.63) is 57.8 Å². The van der Waals surface area contributed by atoms with Gasteiger partial charge in [0.15, 0.2) is 11.6 Å². The van der Waals surface area contributed by atoms with Crippen molar-refractivity contribution in [2.45, 2.75) is 12.5 Å². The second-order valence-corrected chi connectivity index (χ2v) is 4.27. The summed E-state index contributed by atoms with van der Waals surface area (Å²) >= 11 is 1.51. The highest BCUT2D eigenvalue weighted by Crippen LogP contribution is 2.23. The molecule has 1 aromatic carbocycles. The van der Waals surface area contributed by atoms with Crippen molar-refractivity contribution < 1.29 is 13.9 Å². The Morgan fingerprint density at radius 3 is 2.75 bits per heavy atom. The highest BCUT2D eigenvalue weighted by molar-refractivity contribution is 7.07. The van der Waals surface area contributed by atoms with Gasteiger partial charge in [0, 0.05) is 12.0 Å². The van der Waals surface area contributed by atoms with Crippen LogP contribution in [0.15, 0.2) is 35.0 Å². The van der Waals surface area contributed by atoms with Gasteiger partial charge in [0.1, 0.15) is 0 Å². The molecule has 84 valence electrons. The van der Waals surface area contributed by atoms with Gasteiger partial charge in [-0.15, -0.1) is 0 Å². The summed E-state index contributed by atoms with van der Waals surface area (Å²) in [7, 11) is 0. The third-order valence-electron chi connectivity index (χ3n) is 2.35. The highest BCUT2D eigenvalue weighted by Gasteiger charge is 2.16. The van der Waals surface area contributed by atoms with Crippen LogP contribution >= 0.6 is 11.3 Å². The molecule has 4 heteroatoms. The predicted octanol–water partition coefficient (Wildman–Crippen LogP) is 3.30. The first kappa shape index (κ1) is 11.2. The van der Waals surface area contributed by atoms with Crippen LogP contribution in [0.25, 0.3) is 0 Å². The predicted molar refractivity (Wildman–Crippen MR) is 59.3 cm³/mol. The van der Waals surface area contributed by atoms with E-state index in [0.717, 1.165) is 11.6 Å². The van der Waals surface area contributed by atoms with Crippen molar-refractivity contribution in [2.24, 2.45) is 0 Å². The number of aliphatic hydroxyl groups is 1. The zero-order valence-corrected chi connectivity index (χ0v) is 9.18. The van der Waals surface area contributed by atoms with Gasteiger partial charge in [0.2, 0.25) is 0 Å². The van der Waals surface area contributed by atoms with Crippen molar-refractivity contribution in [3.63, 3.8) is 0 Å². The zero-order valence-electron chi connectivity index (χ0n) is 8.36. The van der Waals surface area contributed by atoms with Gasteiger partial charge in [-0.1, -0.05) is 12.1 Å². The van der Waals surface area contributed by atoms with Gasteiger partial charge < -0.3 is 5.11 Å². The first-order chi connectivity index (χ1) is 7.68. The van der Waals surface area contributed by atoms with E-state index in [9.17, 15) is 13.9 Å². The SMILES string of the molecule is OC(Cc1ccsc1)c1cccc(F)c1F. The third kappa shape index (κ3) is 2.28. The van der Waals surface area contributed by atoms with Crippen LogP contribution in [0.2, 0.25) is 0 Å². The van der Waals surface area contributed by atoms with Crippen LogP contribution in [0.4, 0.5) is 8.78 Å². The van der Waals surface area contributed by atoms with Gasteiger partial charge in [-0.25, -0.2) is 8.78 Å². The summed E-state index contributed by atoms with van der Waals surface area (Å²) in [6, 6.07) is 5.68. The highest BCUT2D eigenvalue weighted by atomic mass is 32.1. The monoisotopic (exact) mass is 240 g/mol. The molecule has 0 spiro atoms. The molecule has 0 fully saturated rings. The van der Waals surface area contributed by atoms with Crippen LogP contribution in [-0.2, 0) is 6.42 Å². The molecule has 0 saturated heterocycles. The fourth-order valence-electron chi connectivity index (χ4n) is 1.52. The maximum absolute atomic E-state index is 13.3.